The Morgan fingerprint density at radius 2 is 1.95 bits per heavy atom. The van der Waals surface area contributed by atoms with Crippen LogP contribution in [-0.2, 0) is 4.79 Å². The number of hydrogen-bond acceptors (Lipinski definition) is 4. The minimum Gasteiger partial charge on any atom is -0.337 e. The van der Waals surface area contributed by atoms with Crippen LogP contribution in [0.1, 0.15) is 18.9 Å². The van der Waals surface area contributed by atoms with Gasteiger partial charge in [-0.05, 0) is 25.1 Å². The molecule has 1 aliphatic heterocycles. The van der Waals surface area contributed by atoms with Gasteiger partial charge in [0, 0.05) is 38.3 Å². The van der Waals surface area contributed by atoms with Gasteiger partial charge in [-0.1, -0.05) is 19.1 Å². The van der Waals surface area contributed by atoms with E-state index in [0.29, 0.717) is 18.7 Å². The highest BCUT2D eigenvalue weighted by molar-refractivity contribution is 5.92. The summed E-state index contributed by atoms with van der Waals surface area (Å²) < 4.78 is 0. The van der Waals surface area contributed by atoms with Crippen LogP contribution in [-0.4, -0.2) is 53.4 Å². The van der Waals surface area contributed by atoms with E-state index in [9.17, 15) is 14.9 Å². The van der Waals surface area contributed by atoms with Gasteiger partial charge < -0.3 is 4.90 Å². The van der Waals surface area contributed by atoms with Crippen LogP contribution < -0.4 is 0 Å². The van der Waals surface area contributed by atoms with Gasteiger partial charge in [0.15, 0.2) is 0 Å². The Balaban J connectivity index is 1.97. The Bertz CT molecular complexity index is 564. The number of para-hydroxylation sites is 1. The number of benzene rings is 1. The summed E-state index contributed by atoms with van der Waals surface area (Å²) in [6.07, 6.45) is 4.07. The second-order valence-corrected chi connectivity index (χ2v) is 5.32. The fraction of sp³-hybridized carbons (Fsp3) is 0.438. The minimum absolute atomic E-state index is 0.0133. The van der Waals surface area contributed by atoms with E-state index in [2.05, 4.69) is 11.8 Å². The molecule has 0 radical (unpaired) electrons. The number of nitrogens with zero attached hydrogens (tertiary/aromatic N) is 3. The lowest BCUT2D eigenvalue weighted by molar-refractivity contribution is -0.385. The molecular weight excluding hydrogens is 282 g/mol. The normalized spacial score (nSPS) is 16.1. The summed E-state index contributed by atoms with van der Waals surface area (Å²) in [6, 6.07) is 6.42. The Morgan fingerprint density at radius 3 is 2.59 bits per heavy atom. The largest absolute Gasteiger partial charge is 0.337 e. The van der Waals surface area contributed by atoms with Crippen molar-refractivity contribution >= 4 is 17.7 Å². The van der Waals surface area contributed by atoms with Gasteiger partial charge in [-0.15, -0.1) is 0 Å². The second kappa shape index (κ2) is 7.70. The molecule has 1 fully saturated rings. The number of amides is 1. The van der Waals surface area contributed by atoms with E-state index in [1.165, 1.54) is 18.2 Å². The molecule has 1 aromatic rings. The van der Waals surface area contributed by atoms with E-state index >= 15 is 0 Å². The van der Waals surface area contributed by atoms with Crippen molar-refractivity contribution in [2.45, 2.75) is 13.3 Å². The third-order valence-electron chi connectivity index (χ3n) is 3.76. The lowest BCUT2D eigenvalue weighted by Crippen LogP contribution is -2.48. The van der Waals surface area contributed by atoms with Crippen molar-refractivity contribution in [1.82, 2.24) is 9.80 Å². The first-order chi connectivity index (χ1) is 10.6. The van der Waals surface area contributed by atoms with Crippen molar-refractivity contribution in [2.75, 3.05) is 32.7 Å². The molecule has 1 saturated heterocycles. The molecule has 1 aromatic carbocycles. The quantitative estimate of drug-likeness (QED) is 0.475. The van der Waals surface area contributed by atoms with Crippen LogP contribution in [0, 0.1) is 10.1 Å². The van der Waals surface area contributed by atoms with Crippen molar-refractivity contribution in [3.8, 4) is 0 Å². The summed E-state index contributed by atoms with van der Waals surface area (Å²) in [4.78, 5) is 26.8. The van der Waals surface area contributed by atoms with Crippen molar-refractivity contribution in [2.24, 2.45) is 0 Å². The third kappa shape index (κ3) is 4.14. The van der Waals surface area contributed by atoms with Gasteiger partial charge in [-0.2, -0.15) is 0 Å². The first-order valence-corrected chi connectivity index (χ1v) is 7.54. The molecule has 0 aromatic heterocycles. The molecular formula is C16H21N3O3. The molecule has 2 rings (SSSR count). The number of hydrogen-bond donors (Lipinski definition) is 0. The zero-order chi connectivity index (χ0) is 15.9. The average Bonchev–Trinajstić information content (AvgIpc) is 2.54. The lowest BCUT2D eigenvalue weighted by atomic mass is 10.1. The molecule has 0 aliphatic carbocycles. The van der Waals surface area contributed by atoms with Crippen molar-refractivity contribution in [1.29, 1.82) is 0 Å². The third-order valence-corrected chi connectivity index (χ3v) is 3.76. The molecule has 0 saturated carbocycles. The highest BCUT2D eigenvalue weighted by atomic mass is 16.6. The molecule has 6 nitrogen and oxygen atoms in total. The minimum atomic E-state index is -0.437. The molecule has 0 spiro atoms. The van der Waals surface area contributed by atoms with Crippen LogP contribution in [0.5, 0.6) is 0 Å². The number of nitro benzene ring substituents is 1. The molecule has 0 bridgehead atoms. The van der Waals surface area contributed by atoms with Crippen LogP contribution in [0.4, 0.5) is 5.69 Å². The molecule has 0 N–H and O–H groups in total. The maximum absolute atomic E-state index is 12.2. The molecule has 1 amide bonds. The second-order valence-electron chi connectivity index (χ2n) is 5.32. The average molecular weight is 303 g/mol. The van der Waals surface area contributed by atoms with Gasteiger partial charge in [-0.3, -0.25) is 19.8 Å². The fourth-order valence-corrected chi connectivity index (χ4v) is 2.57. The fourth-order valence-electron chi connectivity index (χ4n) is 2.57. The molecule has 1 aliphatic rings. The standard InChI is InChI=1S/C16H21N3O3/c1-2-9-17-10-12-18(13-11-17)16(20)8-7-14-5-3-4-6-15(14)19(21)22/h3-8H,2,9-13H2,1H3/b8-7+. The van der Waals surface area contributed by atoms with Gasteiger partial charge >= 0.3 is 0 Å². The summed E-state index contributed by atoms with van der Waals surface area (Å²) in [5, 5.41) is 10.9. The van der Waals surface area contributed by atoms with Crippen molar-refractivity contribution < 1.29 is 9.72 Å². The highest BCUT2D eigenvalue weighted by Gasteiger charge is 2.19. The van der Waals surface area contributed by atoms with E-state index in [-0.39, 0.29) is 11.6 Å². The van der Waals surface area contributed by atoms with Crippen LogP contribution in [0.2, 0.25) is 0 Å². The molecule has 0 atom stereocenters. The van der Waals surface area contributed by atoms with E-state index in [1.807, 2.05) is 0 Å². The van der Waals surface area contributed by atoms with Crippen LogP contribution in [0.15, 0.2) is 30.3 Å². The maximum Gasteiger partial charge on any atom is 0.276 e. The van der Waals surface area contributed by atoms with Gasteiger partial charge in [0.05, 0.1) is 10.5 Å². The van der Waals surface area contributed by atoms with E-state index in [0.717, 1.165) is 26.1 Å². The molecule has 22 heavy (non-hydrogen) atoms. The number of rotatable bonds is 5. The highest BCUT2D eigenvalue weighted by Crippen LogP contribution is 2.19. The van der Waals surface area contributed by atoms with Gasteiger partial charge in [0.2, 0.25) is 5.91 Å². The first-order valence-electron chi connectivity index (χ1n) is 7.54. The predicted octanol–water partition coefficient (Wildman–Crippen LogP) is 2.16. The van der Waals surface area contributed by atoms with Gasteiger partial charge in [0.25, 0.3) is 5.69 Å². The molecule has 0 unspecified atom stereocenters. The Labute approximate surface area is 130 Å². The number of nitro groups is 1. The van der Waals surface area contributed by atoms with Crippen LogP contribution in [0.3, 0.4) is 0 Å². The Kier molecular flexibility index (Phi) is 5.66. The summed E-state index contributed by atoms with van der Waals surface area (Å²) >= 11 is 0. The Morgan fingerprint density at radius 1 is 1.27 bits per heavy atom. The SMILES string of the molecule is CCCN1CCN(C(=O)/C=C/c2ccccc2[N+](=O)[O-])CC1. The van der Waals surface area contributed by atoms with Gasteiger partial charge in [0.1, 0.15) is 0 Å². The number of piperazine rings is 1. The Hall–Kier alpha value is -2.21. The predicted molar refractivity (Wildman–Crippen MR) is 85.4 cm³/mol. The van der Waals surface area contributed by atoms with E-state index in [1.54, 1.807) is 23.1 Å². The van der Waals surface area contributed by atoms with Crippen molar-refractivity contribution in [3.05, 3.63) is 46.0 Å². The molecule has 6 heteroatoms. The van der Waals surface area contributed by atoms with Crippen LogP contribution in [0.25, 0.3) is 6.08 Å². The summed E-state index contributed by atoms with van der Waals surface area (Å²) in [5.74, 6) is -0.0886. The topological polar surface area (TPSA) is 66.7 Å². The summed E-state index contributed by atoms with van der Waals surface area (Å²) in [5.41, 5.74) is 0.463. The van der Waals surface area contributed by atoms with Gasteiger partial charge in [-0.25, -0.2) is 0 Å². The first kappa shape index (κ1) is 16.2. The number of carbonyl (C=O) groups is 1. The zero-order valence-electron chi connectivity index (χ0n) is 12.8. The monoisotopic (exact) mass is 303 g/mol. The summed E-state index contributed by atoms with van der Waals surface area (Å²) in [6.45, 7) is 6.40. The number of carbonyl (C=O) groups excluding carboxylic acids is 1. The molecule has 1 heterocycles. The zero-order valence-corrected chi connectivity index (χ0v) is 12.8. The lowest BCUT2D eigenvalue weighted by Gasteiger charge is -2.34. The van der Waals surface area contributed by atoms with E-state index < -0.39 is 4.92 Å². The summed E-state index contributed by atoms with van der Waals surface area (Å²) in [7, 11) is 0. The smallest absolute Gasteiger partial charge is 0.276 e. The van der Waals surface area contributed by atoms with Crippen molar-refractivity contribution in [3.63, 3.8) is 0 Å². The maximum atomic E-state index is 12.2. The van der Waals surface area contributed by atoms with E-state index in [4.69, 9.17) is 0 Å². The molecule has 118 valence electrons. The van der Waals surface area contributed by atoms with Crippen LogP contribution >= 0.6 is 0 Å².